The second-order valence-electron chi connectivity index (χ2n) is 8.03. The molecule has 0 aromatic carbocycles. The molecule has 0 spiro atoms. The van der Waals surface area contributed by atoms with Crippen molar-refractivity contribution in [1.82, 2.24) is 29.6 Å². The van der Waals surface area contributed by atoms with Crippen LogP contribution < -0.4 is 0 Å². The highest BCUT2D eigenvalue weighted by Crippen LogP contribution is 2.27. The van der Waals surface area contributed by atoms with E-state index in [2.05, 4.69) is 55.7 Å². The molecule has 1 atom stereocenters. The minimum absolute atomic E-state index is 0.444. The number of aryl methyl sites for hydroxylation is 2. The molecule has 0 saturated carbocycles. The third-order valence-corrected chi connectivity index (χ3v) is 5.55. The fraction of sp³-hybridized carbons (Fsp3) is 0.524. The summed E-state index contributed by atoms with van der Waals surface area (Å²) >= 11 is 0. The Labute approximate surface area is 165 Å². The van der Waals surface area contributed by atoms with Crippen molar-refractivity contribution in [2.45, 2.75) is 53.1 Å². The fourth-order valence-corrected chi connectivity index (χ4v) is 4.15. The molecule has 7 nitrogen and oxygen atoms in total. The number of likely N-dealkylation sites (tertiary alicyclic amines) is 1. The molecule has 1 saturated heterocycles. The molecule has 0 bridgehead atoms. The van der Waals surface area contributed by atoms with Crippen LogP contribution in [0.4, 0.5) is 0 Å². The van der Waals surface area contributed by atoms with Crippen molar-refractivity contribution in [3.05, 3.63) is 47.8 Å². The molecule has 1 fully saturated rings. The minimum atomic E-state index is 0.444. The molecular formula is C21H28N6O. The summed E-state index contributed by atoms with van der Waals surface area (Å²) in [7, 11) is 0. The largest absolute Gasteiger partial charge is 0.361 e. The normalized spacial score (nSPS) is 17.7. The van der Waals surface area contributed by atoms with Crippen LogP contribution >= 0.6 is 0 Å². The van der Waals surface area contributed by atoms with Crippen LogP contribution in [-0.4, -0.2) is 42.7 Å². The van der Waals surface area contributed by atoms with E-state index in [0.717, 1.165) is 60.3 Å². The van der Waals surface area contributed by atoms with Crippen molar-refractivity contribution < 1.29 is 4.52 Å². The van der Waals surface area contributed by atoms with E-state index >= 15 is 0 Å². The van der Waals surface area contributed by atoms with E-state index in [-0.39, 0.29) is 0 Å². The Bertz CT molecular complexity index is 925. The van der Waals surface area contributed by atoms with Gasteiger partial charge in [-0.15, -0.1) is 0 Å². The number of rotatable bonds is 6. The fourth-order valence-electron chi connectivity index (χ4n) is 4.15. The first-order valence-corrected chi connectivity index (χ1v) is 9.99. The summed E-state index contributed by atoms with van der Waals surface area (Å²) < 4.78 is 7.55. The molecule has 1 unspecified atom stereocenters. The van der Waals surface area contributed by atoms with Crippen molar-refractivity contribution in [3.63, 3.8) is 0 Å². The van der Waals surface area contributed by atoms with Gasteiger partial charge in [0.25, 0.3) is 0 Å². The molecule has 3 aromatic rings. The van der Waals surface area contributed by atoms with Crippen molar-refractivity contribution in [2.24, 2.45) is 5.92 Å². The van der Waals surface area contributed by atoms with E-state index in [1.54, 1.807) is 6.33 Å². The highest BCUT2D eigenvalue weighted by Gasteiger charge is 2.25. The molecule has 1 aliphatic rings. The lowest BCUT2D eigenvalue weighted by molar-refractivity contribution is 0.300. The number of imidazole rings is 1. The zero-order valence-electron chi connectivity index (χ0n) is 17.1. The molecule has 4 heterocycles. The number of hydrogen-bond donors (Lipinski definition) is 0. The van der Waals surface area contributed by atoms with Crippen LogP contribution in [0.2, 0.25) is 0 Å². The first-order valence-electron chi connectivity index (χ1n) is 9.99. The van der Waals surface area contributed by atoms with Crippen LogP contribution in [0.5, 0.6) is 0 Å². The summed E-state index contributed by atoms with van der Waals surface area (Å²) in [4.78, 5) is 16.0. The van der Waals surface area contributed by atoms with Gasteiger partial charge in [0.1, 0.15) is 17.9 Å². The highest BCUT2D eigenvalue weighted by atomic mass is 16.5. The van der Waals surface area contributed by atoms with Gasteiger partial charge in [0.05, 0.1) is 23.5 Å². The Balaban J connectivity index is 1.41. The molecule has 1 aliphatic heterocycles. The van der Waals surface area contributed by atoms with Crippen LogP contribution in [0.15, 0.2) is 29.3 Å². The molecule has 0 amide bonds. The van der Waals surface area contributed by atoms with Crippen molar-refractivity contribution >= 4 is 0 Å². The molecule has 4 rings (SSSR count). The summed E-state index contributed by atoms with van der Waals surface area (Å²) in [5, 5.41) is 4.04. The summed E-state index contributed by atoms with van der Waals surface area (Å²) in [5.74, 6) is 2.56. The standard InChI is InChI=1S/C21H28N6O/c1-14(2)27-8-6-22-20(27)12-26-7-5-17(11-26)9-18-10-19(24-13-23-18)21-15(3)25-28-16(21)4/h6,8,10,13-14,17H,5,7,9,11-12H2,1-4H3. The van der Waals surface area contributed by atoms with Crippen molar-refractivity contribution in [3.8, 4) is 11.3 Å². The predicted molar refractivity (Wildman–Crippen MR) is 107 cm³/mol. The summed E-state index contributed by atoms with van der Waals surface area (Å²) in [6, 6.07) is 2.53. The Morgan fingerprint density at radius 2 is 2.07 bits per heavy atom. The van der Waals surface area contributed by atoms with Gasteiger partial charge in [0.2, 0.25) is 0 Å². The number of hydrogen-bond acceptors (Lipinski definition) is 6. The lowest BCUT2D eigenvalue weighted by atomic mass is 10.0. The Morgan fingerprint density at radius 1 is 1.21 bits per heavy atom. The van der Waals surface area contributed by atoms with Gasteiger partial charge in [-0.3, -0.25) is 4.90 Å². The maximum Gasteiger partial charge on any atom is 0.143 e. The monoisotopic (exact) mass is 380 g/mol. The maximum atomic E-state index is 5.29. The third kappa shape index (κ3) is 3.85. The highest BCUT2D eigenvalue weighted by molar-refractivity contribution is 5.63. The van der Waals surface area contributed by atoms with Gasteiger partial charge < -0.3 is 9.09 Å². The average molecular weight is 380 g/mol. The van der Waals surface area contributed by atoms with E-state index in [9.17, 15) is 0 Å². The molecule has 148 valence electrons. The summed E-state index contributed by atoms with van der Waals surface area (Å²) in [6.07, 6.45) is 7.79. The Kier molecular flexibility index (Phi) is 5.26. The smallest absolute Gasteiger partial charge is 0.143 e. The predicted octanol–water partition coefficient (Wildman–Crippen LogP) is 3.59. The van der Waals surface area contributed by atoms with Crippen LogP contribution in [-0.2, 0) is 13.0 Å². The first-order chi connectivity index (χ1) is 13.5. The molecule has 0 N–H and O–H groups in total. The third-order valence-electron chi connectivity index (χ3n) is 5.55. The van der Waals surface area contributed by atoms with Gasteiger partial charge in [-0.25, -0.2) is 15.0 Å². The van der Waals surface area contributed by atoms with Crippen LogP contribution in [0, 0.1) is 19.8 Å². The number of aromatic nitrogens is 5. The molecule has 0 aliphatic carbocycles. The van der Waals surface area contributed by atoms with E-state index in [0.29, 0.717) is 12.0 Å². The second kappa shape index (κ2) is 7.83. The van der Waals surface area contributed by atoms with Gasteiger partial charge in [0.15, 0.2) is 0 Å². The molecule has 28 heavy (non-hydrogen) atoms. The topological polar surface area (TPSA) is 72.9 Å². The van der Waals surface area contributed by atoms with Crippen LogP contribution in [0.1, 0.15) is 49.3 Å². The Hall–Kier alpha value is -2.54. The maximum absolute atomic E-state index is 5.29. The van der Waals surface area contributed by atoms with Crippen molar-refractivity contribution in [1.29, 1.82) is 0 Å². The molecule has 3 aromatic heterocycles. The van der Waals surface area contributed by atoms with Gasteiger partial charge in [-0.2, -0.15) is 0 Å². The molecule has 7 heteroatoms. The van der Waals surface area contributed by atoms with Crippen LogP contribution in [0.25, 0.3) is 11.3 Å². The Morgan fingerprint density at radius 3 is 2.82 bits per heavy atom. The quantitative estimate of drug-likeness (QED) is 0.651. The van der Waals surface area contributed by atoms with E-state index in [1.165, 1.54) is 6.42 Å². The number of nitrogens with zero attached hydrogens (tertiary/aromatic N) is 6. The van der Waals surface area contributed by atoms with Gasteiger partial charge in [-0.05, 0) is 59.1 Å². The van der Waals surface area contributed by atoms with Crippen molar-refractivity contribution in [2.75, 3.05) is 13.1 Å². The van der Waals surface area contributed by atoms with E-state index < -0.39 is 0 Å². The van der Waals surface area contributed by atoms with Crippen LogP contribution in [0.3, 0.4) is 0 Å². The first kappa shape index (κ1) is 18.8. The SMILES string of the molecule is Cc1noc(C)c1-c1cc(CC2CCN(Cc3nccn3C(C)C)C2)ncn1. The summed E-state index contributed by atoms with van der Waals surface area (Å²) in [5.41, 5.74) is 3.84. The molecular weight excluding hydrogens is 352 g/mol. The average Bonchev–Trinajstić information content (AvgIpc) is 3.37. The lowest BCUT2D eigenvalue weighted by Crippen LogP contribution is -2.23. The molecule has 0 radical (unpaired) electrons. The second-order valence-corrected chi connectivity index (χ2v) is 8.03. The van der Waals surface area contributed by atoms with E-state index in [1.807, 2.05) is 20.0 Å². The lowest BCUT2D eigenvalue weighted by Gasteiger charge is -2.18. The van der Waals surface area contributed by atoms with E-state index in [4.69, 9.17) is 4.52 Å². The zero-order valence-corrected chi connectivity index (χ0v) is 17.1. The summed E-state index contributed by atoms with van der Waals surface area (Å²) in [6.45, 7) is 11.4. The van der Waals surface area contributed by atoms with Gasteiger partial charge in [-0.1, -0.05) is 5.16 Å². The van der Waals surface area contributed by atoms with Gasteiger partial charge in [0, 0.05) is 30.7 Å². The zero-order chi connectivity index (χ0) is 19.7. The minimum Gasteiger partial charge on any atom is -0.361 e. The van der Waals surface area contributed by atoms with Gasteiger partial charge >= 0.3 is 0 Å².